The van der Waals surface area contributed by atoms with Crippen molar-refractivity contribution in [2.24, 2.45) is 7.05 Å². The Balaban J connectivity index is 2.06. The quantitative estimate of drug-likeness (QED) is 0.734. The zero-order valence-corrected chi connectivity index (χ0v) is 9.35. The first-order valence-electron chi connectivity index (χ1n) is 4.83. The van der Waals surface area contributed by atoms with Crippen molar-refractivity contribution in [3.8, 4) is 0 Å². The number of rotatable bonds is 2. The fourth-order valence-electron chi connectivity index (χ4n) is 1.74. The van der Waals surface area contributed by atoms with E-state index in [4.69, 9.17) is 16.3 Å². The van der Waals surface area contributed by atoms with Crippen LogP contribution in [0.3, 0.4) is 0 Å². The van der Waals surface area contributed by atoms with Crippen LogP contribution in [0.15, 0.2) is 24.7 Å². The van der Waals surface area contributed by atoms with Crippen LogP contribution in [0.5, 0.6) is 0 Å². The van der Waals surface area contributed by atoms with E-state index >= 15 is 0 Å². The molecule has 82 valence electrons. The molecule has 0 aromatic carbocycles. The molecule has 1 fully saturated rings. The number of halogens is 1. The minimum Gasteiger partial charge on any atom is -0.354 e. The van der Waals surface area contributed by atoms with Crippen molar-refractivity contribution < 1.29 is 4.74 Å². The van der Waals surface area contributed by atoms with E-state index < -0.39 is 5.60 Å². The van der Waals surface area contributed by atoms with Gasteiger partial charge in [0.25, 0.3) is 0 Å². The van der Waals surface area contributed by atoms with Gasteiger partial charge in [-0.25, -0.2) is 4.98 Å². The summed E-state index contributed by atoms with van der Waals surface area (Å²) in [5.74, 6) is 0.766. The summed E-state index contributed by atoms with van der Waals surface area (Å²) >= 11 is 5.80. The minimum absolute atomic E-state index is 0.532. The SMILES string of the molecule is Cn1ncnc1C1(c2ccc(Cl)cn2)CO1. The van der Waals surface area contributed by atoms with Gasteiger partial charge in [-0.3, -0.25) is 9.67 Å². The van der Waals surface area contributed by atoms with Crippen molar-refractivity contribution in [3.63, 3.8) is 0 Å². The predicted octanol–water partition coefficient (Wildman–Crippen LogP) is 1.14. The second-order valence-electron chi connectivity index (χ2n) is 3.68. The summed E-state index contributed by atoms with van der Waals surface area (Å²) in [6, 6.07) is 3.65. The van der Waals surface area contributed by atoms with Crippen LogP contribution in [0.25, 0.3) is 0 Å². The summed E-state index contributed by atoms with van der Waals surface area (Å²) in [6.45, 7) is 0.578. The molecule has 1 aliphatic heterocycles. The van der Waals surface area contributed by atoms with Gasteiger partial charge in [-0.15, -0.1) is 0 Å². The van der Waals surface area contributed by atoms with Gasteiger partial charge in [-0.2, -0.15) is 5.10 Å². The van der Waals surface area contributed by atoms with E-state index in [1.807, 2.05) is 13.1 Å². The van der Waals surface area contributed by atoms with E-state index in [-0.39, 0.29) is 0 Å². The third-order valence-corrected chi connectivity index (χ3v) is 2.87. The van der Waals surface area contributed by atoms with Crippen LogP contribution in [-0.4, -0.2) is 26.4 Å². The zero-order chi connectivity index (χ0) is 11.2. The lowest BCUT2D eigenvalue weighted by Crippen LogP contribution is -2.18. The summed E-state index contributed by atoms with van der Waals surface area (Å²) < 4.78 is 7.22. The number of nitrogens with zero attached hydrogens (tertiary/aromatic N) is 4. The van der Waals surface area contributed by atoms with Gasteiger partial charge in [0, 0.05) is 13.2 Å². The molecule has 1 aliphatic rings. The first kappa shape index (κ1) is 9.74. The Bertz CT molecular complexity index is 518. The van der Waals surface area contributed by atoms with Gasteiger partial charge in [0.15, 0.2) is 11.4 Å². The lowest BCUT2D eigenvalue weighted by atomic mass is 10.1. The molecule has 2 aromatic heterocycles. The lowest BCUT2D eigenvalue weighted by Gasteiger charge is -2.09. The topological polar surface area (TPSA) is 56.1 Å². The van der Waals surface area contributed by atoms with Gasteiger partial charge in [0.1, 0.15) is 6.33 Å². The van der Waals surface area contributed by atoms with Crippen LogP contribution in [-0.2, 0) is 17.4 Å². The zero-order valence-electron chi connectivity index (χ0n) is 8.59. The Morgan fingerprint density at radius 1 is 1.44 bits per heavy atom. The number of epoxide rings is 1. The van der Waals surface area contributed by atoms with Crippen LogP contribution in [0, 0.1) is 0 Å². The molecule has 0 N–H and O–H groups in total. The standard InChI is InChI=1S/C10H9ClN4O/c1-15-9(13-6-14-15)10(5-16-10)8-3-2-7(11)4-12-8/h2-4,6H,5H2,1H3. The molecular formula is C10H9ClN4O. The molecule has 0 spiro atoms. The average molecular weight is 237 g/mol. The van der Waals surface area contributed by atoms with Crippen molar-refractivity contribution >= 4 is 11.6 Å². The highest BCUT2D eigenvalue weighted by Gasteiger charge is 2.53. The van der Waals surface area contributed by atoms with Crippen molar-refractivity contribution in [3.05, 3.63) is 41.2 Å². The smallest absolute Gasteiger partial charge is 0.192 e. The molecule has 0 bridgehead atoms. The van der Waals surface area contributed by atoms with Gasteiger partial charge in [-0.05, 0) is 12.1 Å². The second kappa shape index (κ2) is 3.26. The molecule has 3 heterocycles. The molecule has 0 amide bonds. The molecule has 5 nitrogen and oxygen atoms in total. The van der Waals surface area contributed by atoms with E-state index in [0.717, 1.165) is 11.5 Å². The van der Waals surface area contributed by atoms with Gasteiger partial charge >= 0.3 is 0 Å². The van der Waals surface area contributed by atoms with E-state index in [1.165, 1.54) is 6.33 Å². The Hall–Kier alpha value is -1.46. The second-order valence-corrected chi connectivity index (χ2v) is 4.12. The highest BCUT2D eigenvalue weighted by Crippen LogP contribution is 2.42. The van der Waals surface area contributed by atoms with Crippen LogP contribution >= 0.6 is 11.6 Å². The molecule has 0 aliphatic carbocycles. The fourth-order valence-corrected chi connectivity index (χ4v) is 1.85. The highest BCUT2D eigenvalue weighted by atomic mass is 35.5. The Morgan fingerprint density at radius 3 is 2.75 bits per heavy atom. The van der Waals surface area contributed by atoms with Crippen molar-refractivity contribution in [1.29, 1.82) is 0 Å². The molecular weight excluding hydrogens is 228 g/mol. The molecule has 0 saturated carbocycles. The predicted molar refractivity (Wildman–Crippen MR) is 57.0 cm³/mol. The lowest BCUT2D eigenvalue weighted by molar-refractivity contribution is 0.324. The maximum absolute atomic E-state index is 5.80. The Labute approximate surface area is 97.0 Å². The normalized spacial score (nSPS) is 23.4. The van der Waals surface area contributed by atoms with Crippen LogP contribution < -0.4 is 0 Å². The average Bonchev–Trinajstić information content (AvgIpc) is 2.97. The van der Waals surface area contributed by atoms with Crippen molar-refractivity contribution in [2.75, 3.05) is 6.61 Å². The van der Waals surface area contributed by atoms with Gasteiger partial charge in [0.2, 0.25) is 0 Å². The fraction of sp³-hybridized carbons (Fsp3) is 0.300. The minimum atomic E-state index is -0.532. The van der Waals surface area contributed by atoms with Gasteiger partial charge < -0.3 is 4.74 Å². The van der Waals surface area contributed by atoms with Crippen LogP contribution in [0.4, 0.5) is 0 Å². The van der Waals surface area contributed by atoms with E-state index in [9.17, 15) is 0 Å². The summed E-state index contributed by atoms with van der Waals surface area (Å²) in [6.07, 6.45) is 3.12. The van der Waals surface area contributed by atoms with E-state index in [2.05, 4.69) is 15.1 Å². The molecule has 3 rings (SSSR count). The summed E-state index contributed by atoms with van der Waals surface area (Å²) in [5, 5.41) is 4.65. The highest BCUT2D eigenvalue weighted by molar-refractivity contribution is 6.30. The molecule has 2 aromatic rings. The summed E-state index contributed by atoms with van der Waals surface area (Å²) in [5.41, 5.74) is 0.281. The number of ether oxygens (including phenoxy) is 1. The third-order valence-electron chi connectivity index (χ3n) is 2.65. The molecule has 1 saturated heterocycles. The molecule has 16 heavy (non-hydrogen) atoms. The number of aromatic nitrogens is 4. The van der Waals surface area contributed by atoms with E-state index in [0.29, 0.717) is 11.6 Å². The monoisotopic (exact) mass is 236 g/mol. The number of aryl methyl sites for hydroxylation is 1. The number of pyridine rings is 1. The van der Waals surface area contributed by atoms with Crippen LogP contribution in [0.2, 0.25) is 5.02 Å². The maximum atomic E-state index is 5.80. The number of hydrogen-bond donors (Lipinski definition) is 0. The first-order chi connectivity index (χ1) is 7.72. The van der Waals surface area contributed by atoms with Crippen molar-refractivity contribution in [2.45, 2.75) is 5.60 Å². The third kappa shape index (κ3) is 1.32. The maximum Gasteiger partial charge on any atom is 0.192 e. The van der Waals surface area contributed by atoms with Crippen LogP contribution in [0.1, 0.15) is 11.5 Å². The molecule has 0 radical (unpaired) electrons. The summed E-state index contributed by atoms with van der Waals surface area (Å²) in [7, 11) is 1.84. The number of hydrogen-bond acceptors (Lipinski definition) is 4. The molecule has 1 unspecified atom stereocenters. The first-order valence-corrected chi connectivity index (χ1v) is 5.21. The van der Waals surface area contributed by atoms with Gasteiger partial charge in [0.05, 0.1) is 17.3 Å². The van der Waals surface area contributed by atoms with E-state index in [1.54, 1.807) is 16.9 Å². The van der Waals surface area contributed by atoms with Crippen molar-refractivity contribution in [1.82, 2.24) is 19.7 Å². The molecule has 6 heteroatoms. The summed E-state index contributed by atoms with van der Waals surface area (Å²) in [4.78, 5) is 8.47. The Morgan fingerprint density at radius 2 is 2.25 bits per heavy atom. The Kier molecular flexibility index (Phi) is 1.99. The van der Waals surface area contributed by atoms with Gasteiger partial charge in [-0.1, -0.05) is 11.6 Å². The molecule has 1 atom stereocenters. The largest absolute Gasteiger partial charge is 0.354 e.